The molecule has 1 aromatic rings. The molecule has 0 bridgehead atoms. The summed E-state index contributed by atoms with van der Waals surface area (Å²) < 4.78 is 10.5. The molecule has 1 saturated heterocycles. The molecule has 1 fully saturated rings. The van der Waals surface area contributed by atoms with Gasteiger partial charge in [0.1, 0.15) is 6.61 Å². The van der Waals surface area contributed by atoms with Crippen LogP contribution in [-0.4, -0.2) is 25.3 Å². The zero-order valence-corrected chi connectivity index (χ0v) is 9.57. The van der Waals surface area contributed by atoms with E-state index in [-0.39, 0.29) is 12.1 Å². The first-order valence-electron chi connectivity index (χ1n) is 5.30. The fraction of sp³-hybridized carbons (Fsp3) is 0.417. The minimum Gasteiger partial charge on any atom is -0.459 e. The normalized spacial score (nSPS) is 19.7. The summed E-state index contributed by atoms with van der Waals surface area (Å²) >= 11 is 5.72. The average Bonchev–Trinajstić information content (AvgIpc) is 2.80. The lowest BCUT2D eigenvalue weighted by Gasteiger charge is -2.09. The van der Waals surface area contributed by atoms with Crippen molar-refractivity contribution < 1.29 is 14.3 Å². The fourth-order valence-corrected chi connectivity index (χ4v) is 1.74. The number of carbonyl (C=O) groups is 1. The first kappa shape index (κ1) is 11.4. The van der Waals surface area contributed by atoms with Gasteiger partial charge in [0, 0.05) is 11.6 Å². The van der Waals surface area contributed by atoms with E-state index in [1.807, 2.05) is 0 Å². The highest BCUT2D eigenvalue weighted by molar-refractivity contribution is 6.30. The fourth-order valence-electron chi connectivity index (χ4n) is 1.61. The van der Waals surface area contributed by atoms with Gasteiger partial charge < -0.3 is 9.47 Å². The van der Waals surface area contributed by atoms with Crippen molar-refractivity contribution in [2.24, 2.45) is 0 Å². The molecule has 0 unspecified atom stereocenters. The van der Waals surface area contributed by atoms with Crippen LogP contribution in [0.25, 0.3) is 0 Å². The van der Waals surface area contributed by atoms with Gasteiger partial charge in [0.15, 0.2) is 0 Å². The molecule has 1 atom stereocenters. The summed E-state index contributed by atoms with van der Waals surface area (Å²) in [5.74, 6) is -0.327. The summed E-state index contributed by atoms with van der Waals surface area (Å²) in [5, 5.41) is 0.607. The lowest BCUT2D eigenvalue weighted by atomic mass is 10.2. The van der Waals surface area contributed by atoms with E-state index in [0.717, 1.165) is 19.4 Å². The number of hydrogen-bond acceptors (Lipinski definition) is 3. The number of benzene rings is 1. The van der Waals surface area contributed by atoms with E-state index < -0.39 is 0 Å². The molecule has 3 nitrogen and oxygen atoms in total. The second-order valence-corrected chi connectivity index (χ2v) is 4.18. The smallest absolute Gasteiger partial charge is 0.338 e. The van der Waals surface area contributed by atoms with E-state index in [4.69, 9.17) is 21.1 Å². The molecule has 2 rings (SSSR count). The maximum Gasteiger partial charge on any atom is 0.338 e. The van der Waals surface area contributed by atoms with Crippen molar-refractivity contribution in [1.29, 1.82) is 0 Å². The SMILES string of the molecule is O=C(OC[C@H]1CCCO1)c1ccc(Cl)cc1. The molecular formula is C12H13ClO3. The Balaban J connectivity index is 1.85. The summed E-state index contributed by atoms with van der Waals surface area (Å²) in [7, 11) is 0. The van der Waals surface area contributed by atoms with Crippen LogP contribution in [0.2, 0.25) is 5.02 Å². The van der Waals surface area contributed by atoms with Crippen molar-refractivity contribution in [3.05, 3.63) is 34.9 Å². The number of carbonyl (C=O) groups excluding carboxylic acids is 1. The molecule has 86 valence electrons. The molecule has 1 heterocycles. The Morgan fingerprint density at radius 2 is 2.19 bits per heavy atom. The molecule has 1 aromatic carbocycles. The number of esters is 1. The van der Waals surface area contributed by atoms with Crippen molar-refractivity contribution in [1.82, 2.24) is 0 Å². The van der Waals surface area contributed by atoms with Gasteiger partial charge in [-0.2, -0.15) is 0 Å². The third-order valence-corrected chi connectivity index (χ3v) is 2.76. The van der Waals surface area contributed by atoms with Crippen molar-refractivity contribution in [3.8, 4) is 0 Å². The number of halogens is 1. The molecule has 4 heteroatoms. The summed E-state index contributed by atoms with van der Waals surface area (Å²) in [6, 6.07) is 6.65. The Labute approximate surface area is 99.3 Å². The number of hydrogen-bond donors (Lipinski definition) is 0. The van der Waals surface area contributed by atoms with Crippen LogP contribution in [0, 0.1) is 0 Å². The van der Waals surface area contributed by atoms with E-state index in [2.05, 4.69) is 0 Å². The Bertz CT molecular complexity index is 355. The highest BCUT2D eigenvalue weighted by Gasteiger charge is 2.17. The molecule has 1 aliphatic rings. The van der Waals surface area contributed by atoms with E-state index in [9.17, 15) is 4.79 Å². The minimum atomic E-state index is -0.327. The monoisotopic (exact) mass is 240 g/mol. The minimum absolute atomic E-state index is 0.0660. The Kier molecular flexibility index (Phi) is 3.80. The molecule has 0 spiro atoms. The molecule has 0 saturated carbocycles. The van der Waals surface area contributed by atoms with Gasteiger partial charge in [-0.1, -0.05) is 11.6 Å². The predicted octanol–water partition coefficient (Wildman–Crippen LogP) is 2.68. The van der Waals surface area contributed by atoms with Gasteiger partial charge in [-0.05, 0) is 37.1 Å². The maximum atomic E-state index is 11.6. The lowest BCUT2D eigenvalue weighted by molar-refractivity contribution is 0.0161. The van der Waals surface area contributed by atoms with Gasteiger partial charge in [0.25, 0.3) is 0 Å². The third kappa shape index (κ3) is 2.97. The van der Waals surface area contributed by atoms with Crippen LogP contribution in [-0.2, 0) is 9.47 Å². The van der Waals surface area contributed by atoms with Gasteiger partial charge >= 0.3 is 5.97 Å². The van der Waals surface area contributed by atoms with Crippen molar-refractivity contribution >= 4 is 17.6 Å². The Morgan fingerprint density at radius 1 is 1.44 bits per heavy atom. The van der Waals surface area contributed by atoms with Crippen LogP contribution in [0.1, 0.15) is 23.2 Å². The molecule has 0 radical (unpaired) electrons. The first-order chi connectivity index (χ1) is 7.75. The van der Waals surface area contributed by atoms with E-state index in [1.165, 1.54) is 0 Å². The van der Waals surface area contributed by atoms with E-state index in [0.29, 0.717) is 17.2 Å². The Morgan fingerprint density at radius 3 is 2.81 bits per heavy atom. The zero-order chi connectivity index (χ0) is 11.4. The molecule has 16 heavy (non-hydrogen) atoms. The van der Waals surface area contributed by atoms with Crippen molar-refractivity contribution in [2.45, 2.75) is 18.9 Å². The van der Waals surface area contributed by atoms with E-state index >= 15 is 0 Å². The topological polar surface area (TPSA) is 35.5 Å². The quantitative estimate of drug-likeness (QED) is 0.762. The molecule has 0 N–H and O–H groups in total. The molecule has 0 aromatic heterocycles. The summed E-state index contributed by atoms with van der Waals surface area (Å²) in [4.78, 5) is 11.6. The van der Waals surface area contributed by atoms with Gasteiger partial charge in [0.2, 0.25) is 0 Å². The maximum absolute atomic E-state index is 11.6. The lowest BCUT2D eigenvalue weighted by Crippen LogP contribution is -2.17. The van der Waals surface area contributed by atoms with Crippen LogP contribution in [0.4, 0.5) is 0 Å². The largest absolute Gasteiger partial charge is 0.459 e. The van der Waals surface area contributed by atoms with Crippen LogP contribution >= 0.6 is 11.6 Å². The zero-order valence-electron chi connectivity index (χ0n) is 8.82. The highest BCUT2D eigenvalue weighted by Crippen LogP contribution is 2.14. The van der Waals surface area contributed by atoms with Crippen molar-refractivity contribution in [2.75, 3.05) is 13.2 Å². The standard InChI is InChI=1S/C12H13ClO3/c13-10-5-3-9(4-6-10)12(14)16-8-11-2-1-7-15-11/h3-6,11H,1-2,7-8H2/t11-/m1/s1. The Hall–Kier alpha value is -1.06. The third-order valence-electron chi connectivity index (χ3n) is 2.50. The molecule has 0 aliphatic carbocycles. The number of ether oxygens (including phenoxy) is 2. The van der Waals surface area contributed by atoms with Gasteiger partial charge in [-0.3, -0.25) is 0 Å². The molecular weight excluding hydrogens is 228 g/mol. The van der Waals surface area contributed by atoms with Crippen LogP contribution in [0.5, 0.6) is 0 Å². The van der Waals surface area contributed by atoms with Gasteiger partial charge in [-0.25, -0.2) is 4.79 Å². The molecule has 0 amide bonds. The van der Waals surface area contributed by atoms with Gasteiger partial charge in [0.05, 0.1) is 11.7 Å². The summed E-state index contributed by atoms with van der Waals surface area (Å²) in [6.07, 6.45) is 2.08. The first-order valence-corrected chi connectivity index (χ1v) is 5.68. The van der Waals surface area contributed by atoms with Crippen molar-refractivity contribution in [3.63, 3.8) is 0 Å². The summed E-state index contributed by atoms with van der Waals surface area (Å²) in [6.45, 7) is 1.10. The summed E-state index contributed by atoms with van der Waals surface area (Å²) in [5.41, 5.74) is 0.516. The number of rotatable bonds is 3. The average molecular weight is 241 g/mol. The molecule has 1 aliphatic heterocycles. The van der Waals surface area contributed by atoms with Gasteiger partial charge in [-0.15, -0.1) is 0 Å². The van der Waals surface area contributed by atoms with E-state index in [1.54, 1.807) is 24.3 Å². The van der Waals surface area contributed by atoms with Crippen LogP contribution < -0.4 is 0 Å². The second kappa shape index (κ2) is 5.32. The predicted molar refractivity (Wildman–Crippen MR) is 60.7 cm³/mol. The van der Waals surface area contributed by atoms with Crippen LogP contribution in [0.15, 0.2) is 24.3 Å². The highest BCUT2D eigenvalue weighted by atomic mass is 35.5. The van der Waals surface area contributed by atoms with Crippen LogP contribution in [0.3, 0.4) is 0 Å². The second-order valence-electron chi connectivity index (χ2n) is 3.74.